The van der Waals surface area contributed by atoms with Crippen LogP contribution >= 0.6 is 15.9 Å². The smallest absolute Gasteiger partial charge is 0.327 e. The highest BCUT2D eigenvalue weighted by molar-refractivity contribution is 9.10. The molecule has 0 saturated heterocycles. The van der Waals surface area contributed by atoms with E-state index >= 15 is 0 Å². The number of rotatable bonds is 1. The van der Waals surface area contributed by atoms with Crippen LogP contribution in [0.5, 0.6) is 0 Å². The fraction of sp³-hybridized carbons (Fsp3) is 0.400. The normalized spacial score (nSPS) is 25.4. The highest BCUT2D eigenvalue weighted by atomic mass is 79.9. The van der Waals surface area contributed by atoms with Gasteiger partial charge in [0.2, 0.25) is 0 Å². The van der Waals surface area contributed by atoms with Crippen molar-refractivity contribution in [3.8, 4) is 0 Å². The van der Waals surface area contributed by atoms with Gasteiger partial charge in [0, 0.05) is 16.4 Å². The van der Waals surface area contributed by atoms with E-state index in [1.165, 1.54) is 12.1 Å². The van der Waals surface area contributed by atoms with Crippen LogP contribution in [0.15, 0.2) is 22.7 Å². The lowest BCUT2D eigenvalue weighted by atomic mass is 10.1. The molecule has 15 heavy (non-hydrogen) atoms. The highest BCUT2D eigenvalue weighted by Crippen LogP contribution is 2.44. The maximum atomic E-state index is 12.4. The van der Waals surface area contributed by atoms with E-state index < -0.39 is 11.7 Å². The Labute approximate surface area is 93.6 Å². The van der Waals surface area contributed by atoms with Crippen LogP contribution in [0, 0.1) is 0 Å². The lowest BCUT2D eigenvalue weighted by Crippen LogP contribution is -2.07. The van der Waals surface area contributed by atoms with Crippen molar-refractivity contribution in [3.05, 3.63) is 33.8 Å². The largest absolute Gasteiger partial charge is 0.416 e. The van der Waals surface area contributed by atoms with Gasteiger partial charge in [0.15, 0.2) is 0 Å². The Bertz CT molecular complexity index is 389. The summed E-state index contributed by atoms with van der Waals surface area (Å²) in [7, 11) is 0. The summed E-state index contributed by atoms with van der Waals surface area (Å²) in [6.45, 7) is 0. The second-order valence-electron chi connectivity index (χ2n) is 3.74. The predicted octanol–water partition coefficient (Wildman–Crippen LogP) is 3.28. The Balaban J connectivity index is 2.38. The molecule has 0 bridgehead atoms. The molecule has 1 nitrogen and oxygen atoms in total. The first-order valence-corrected chi connectivity index (χ1v) is 5.31. The molecule has 0 heterocycles. The van der Waals surface area contributed by atoms with Gasteiger partial charge in [-0.05, 0) is 30.2 Å². The third-order valence-electron chi connectivity index (χ3n) is 2.56. The monoisotopic (exact) mass is 279 g/mol. The molecule has 2 rings (SSSR count). The lowest BCUT2D eigenvalue weighted by Gasteiger charge is -2.10. The number of hydrogen-bond donors (Lipinski definition) is 1. The van der Waals surface area contributed by atoms with Gasteiger partial charge < -0.3 is 5.73 Å². The van der Waals surface area contributed by atoms with Gasteiger partial charge in [0.05, 0.1) is 5.56 Å². The van der Waals surface area contributed by atoms with Gasteiger partial charge >= 0.3 is 6.18 Å². The zero-order chi connectivity index (χ0) is 11.2. The molecule has 0 spiro atoms. The number of benzene rings is 1. The van der Waals surface area contributed by atoms with Gasteiger partial charge in [0.25, 0.3) is 0 Å². The average molecular weight is 280 g/mol. The zero-order valence-corrected chi connectivity index (χ0v) is 9.27. The van der Waals surface area contributed by atoms with Crippen molar-refractivity contribution in [1.82, 2.24) is 0 Å². The van der Waals surface area contributed by atoms with Crippen molar-refractivity contribution in [2.24, 2.45) is 5.73 Å². The summed E-state index contributed by atoms with van der Waals surface area (Å²) >= 11 is 3.24. The molecule has 1 aliphatic carbocycles. The summed E-state index contributed by atoms with van der Waals surface area (Å²) in [6.07, 6.45) is -3.52. The summed E-state index contributed by atoms with van der Waals surface area (Å²) in [5.41, 5.74) is 5.68. The van der Waals surface area contributed by atoms with E-state index in [0.717, 1.165) is 12.5 Å². The Morgan fingerprint density at radius 1 is 1.33 bits per heavy atom. The van der Waals surface area contributed by atoms with Crippen molar-refractivity contribution in [3.63, 3.8) is 0 Å². The molecule has 0 amide bonds. The Morgan fingerprint density at radius 2 is 1.93 bits per heavy atom. The van der Waals surface area contributed by atoms with Crippen LogP contribution in [0.3, 0.4) is 0 Å². The first-order chi connectivity index (χ1) is 6.89. The molecular weight excluding hydrogens is 271 g/mol. The molecule has 0 unspecified atom stereocenters. The first kappa shape index (κ1) is 11.0. The van der Waals surface area contributed by atoms with Crippen LogP contribution in [-0.2, 0) is 6.18 Å². The molecule has 0 aliphatic heterocycles. The third-order valence-corrected chi connectivity index (χ3v) is 3.28. The minimum Gasteiger partial charge on any atom is -0.327 e. The van der Waals surface area contributed by atoms with E-state index in [1.807, 2.05) is 0 Å². The molecule has 1 saturated carbocycles. The van der Waals surface area contributed by atoms with Gasteiger partial charge in [0.1, 0.15) is 0 Å². The van der Waals surface area contributed by atoms with E-state index in [4.69, 9.17) is 5.73 Å². The number of nitrogens with two attached hydrogens (primary N) is 1. The molecule has 1 aromatic rings. The van der Waals surface area contributed by atoms with E-state index in [0.29, 0.717) is 10.0 Å². The molecule has 1 aromatic carbocycles. The molecule has 5 heteroatoms. The quantitative estimate of drug-likeness (QED) is 0.839. The van der Waals surface area contributed by atoms with Gasteiger partial charge in [-0.15, -0.1) is 0 Å². The van der Waals surface area contributed by atoms with E-state index in [1.54, 1.807) is 0 Å². The molecule has 82 valence electrons. The minimum atomic E-state index is -4.28. The standard InChI is InChI=1S/C10H9BrF3N/c11-8-2-1-5(10(12,13)14)3-6(8)7-4-9(7)15/h1-3,7,9H,4,15H2/t7-,9+/m0/s1. The molecule has 1 fully saturated rings. The average Bonchev–Trinajstić information content (AvgIpc) is 2.81. The summed E-state index contributed by atoms with van der Waals surface area (Å²) in [5, 5.41) is 0. The molecule has 0 aromatic heterocycles. The summed E-state index contributed by atoms with van der Waals surface area (Å²) in [4.78, 5) is 0. The van der Waals surface area contributed by atoms with Crippen LogP contribution < -0.4 is 5.73 Å². The van der Waals surface area contributed by atoms with Crippen molar-refractivity contribution < 1.29 is 13.2 Å². The first-order valence-electron chi connectivity index (χ1n) is 4.52. The molecule has 2 atom stereocenters. The Hall–Kier alpha value is -0.550. The third kappa shape index (κ3) is 2.18. The molecule has 2 N–H and O–H groups in total. The summed E-state index contributed by atoms with van der Waals surface area (Å²) in [6, 6.07) is 3.69. The van der Waals surface area contributed by atoms with Crippen molar-refractivity contribution in [1.29, 1.82) is 0 Å². The van der Waals surface area contributed by atoms with Gasteiger partial charge in [-0.2, -0.15) is 13.2 Å². The number of alkyl halides is 3. The fourth-order valence-electron chi connectivity index (χ4n) is 1.58. The van der Waals surface area contributed by atoms with Crippen LogP contribution in [0.1, 0.15) is 23.5 Å². The lowest BCUT2D eigenvalue weighted by molar-refractivity contribution is -0.137. The van der Waals surface area contributed by atoms with E-state index in [2.05, 4.69) is 15.9 Å². The number of hydrogen-bond acceptors (Lipinski definition) is 1. The molecular formula is C10H9BrF3N. The fourth-order valence-corrected chi connectivity index (χ4v) is 2.12. The van der Waals surface area contributed by atoms with Crippen LogP contribution in [0.2, 0.25) is 0 Å². The molecule has 1 aliphatic rings. The van der Waals surface area contributed by atoms with Crippen LogP contribution in [0.25, 0.3) is 0 Å². The zero-order valence-electron chi connectivity index (χ0n) is 7.68. The second-order valence-corrected chi connectivity index (χ2v) is 4.59. The van der Waals surface area contributed by atoms with E-state index in [-0.39, 0.29) is 12.0 Å². The SMILES string of the molecule is N[C@@H]1C[C@H]1c1cc(C(F)(F)F)ccc1Br. The molecule has 0 radical (unpaired) electrons. The van der Waals surface area contributed by atoms with Crippen LogP contribution in [-0.4, -0.2) is 6.04 Å². The van der Waals surface area contributed by atoms with Crippen LogP contribution in [0.4, 0.5) is 13.2 Å². The van der Waals surface area contributed by atoms with Gasteiger partial charge in [-0.25, -0.2) is 0 Å². The van der Waals surface area contributed by atoms with Crippen molar-refractivity contribution >= 4 is 15.9 Å². The topological polar surface area (TPSA) is 26.0 Å². The van der Waals surface area contributed by atoms with Crippen molar-refractivity contribution in [2.45, 2.75) is 24.6 Å². The van der Waals surface area contributed by atoms with Gasteiger partial charge in [-0.3, -0.25) is 0 Å². The highest BCUT2D eigenvalue weighted by Gasteiger charge is 2.38. The van der Waals surface area contributed by atoms with Gasteiger partial charge in [-0.1, -0.05) is 15.9 Å². The maximum Gasteiger partial charge on any atom is 0.416 e. The predicted molar refractivity (Wildman–Crippen MR) is 54.5 cm³/mol. The number of halogens is 4. The van der Waals surface area contributed by atoms with Crippen molar-refractivity contribution in [2.75, 3.05) is 0 Å². The Kier molecular flexibility index (Phi) is 2.55. The second kappa shape index (κ2) is 3.49. The maximum absolute atomic E-state index is 12.4. The summed E-state index contributed by atoms with van der Waals surface area (Å²) in [5.74, 6) is 0.0710. The summed E-state index contributed by atoms with van der Waals surface area (Å²) < 4.78 is 38.0. The Morgan fingerprint density at radius 3 is 2.40 bits per heavy atom. The van der Waals surface area contributed by atoms with E-state index in [9.17, 15) is 13.2 Å². The minimum absolute atomic E-state index is 0.00443.